The highest BCUT2D eigenvalue weighted by atomic mass is 32.2. The minimum Gasteiger partial charge on any atom is -0.495 e. The third-order valence-electron chi connectivity index (χ3n) is 1.67. The average Bonchev–Trinajstić information content (AvgIpc) is 2.16. The van der Waals surface area contributed by atoms with Crippen molar-refractivity contribution in [2.45, 2.75) is 4.90 Å². The van der Waals surface area contributed by atoms with Crippen LogP contribution in [0.15, 0.2) is 23.1 Å². The Bertz CT molecular complexity index is 300. The molecule has 0 aliphatic carbocycles. The van der Waals surface area contributed by atoms with Gasteiger partial charge in [-0.05, 0) is 12.1 Å². The molecule has 4 heteroatoms. The number of hydrogen-bond acceptors (Lipinski definition) is 3. The summed E-state index contributed by atoms with van der Waals surface area (Å²) in [6.45, 7) is 0. The van der Waals surface area contributed by atoms with Gasteiger partial charge in [-0.15, -0.1) is 0 Å². The molecule has 0 spiro atoms. The predicted molar refractivity (Wildman–Crippen MR) is 51.9 cm³/mol. The Balaban J connectivity index is 3.29. The first-order chi connectivity index (χ1) is 6.20. The smallest absolute Gasteiger partial charge is 0.138 e. The van der Waals surface area contributed by atoms with Crippen LogP contribution < -0.4 is 9.47 Å². The maximum atomic E-state index is 11.4. The summed E-state index contributed by atoms with van der Waals surface area (Å²) in [4.78, 5) is 0.604. The molecule has 0 radical (unpaired) electrons. The van der Waals surface area contributed by atoms with Gasteiger partial charge in [0.15, 0.2) is 0 Å². The van der Waals surface area contributed by atoms with Crippen LogP contribution in [0.4, 0.5) is 0 Å². The van der Waals surface area contributed by atoms with Gasteiger partial charge in [-0.3, -0.25) is 4.21 Å². The van der Waals surface area contributed by atoms with Crippen LogP contribution in [0.2, 0.25) is 0 Å². The Morgan fingerprint density at radius 2 is 1.62 bits per heavy atom. The summed E-state index contributed by atoms with van der Waals surface area (Å²) in [5, 5.41) is 0. The zero-order valence-electron chi connectivity index (χ0n) is 7.87. The summed E-state index contributed by atoms with van der Waals surface area (Å²) in [6.07, 6.45) is 1.60. The lowest BCUT2D eigenvalue weighted by molar-refractivity contribution is 0.375. The van der Waals surface area contributed by atoms with Crippen molar-refractivity contribution in [2.75, 3.05) is 20.5 Å². The van der Waals surface area contributed by atoms with E-state index in [1.807, 2.05) is 0 Å². The normalized spacial score (nSPS) is 12.2. The van der Waals surface area contributed by atoms with E-state index in [1.165, 1.54) is 0 Å². The molecular formula is C9H12O3S. The van der Waals surface area contributed by atoms with E-state index >= 15 is 0 Å². The highest BCUT2D eigenvalue weighted by Gasteiger charge is 2.12. The van der Waals surface area contributed by atoms with Crippen LogP contribution in [0.3, 0.4) is 0 Å². The highest BCUT2D eigenvalue weighted by Crippen LogP contribution is 2.30. The number of hydrogen-bond donors (Lipinski definition) is 0. The second-order valence-electron chi connectivity index (χ2n) is 2.45. The Hall–Kier alpha value is -1.03. The largest absolute Gasteiger partial charge is 0.495 e. The molecule has 1 aromatic carbocycles. The molecule has 0 aromatic heterocycles. The molecule has 0 aliphatic rings. The molecule has 1 rings (SSSR count). The number of benzene rings is 1. The summed E-state index contributed by atoms with van der Waals surface area (Å²) in [6, 6.07) is 5.33. The highest BCUT2D eigenvalue weighted by molar-refractivity contribution is 7.84. The van der Waals surface area contributed by atoms with Crippen molar-refractivity contribution >= 4 is 10.8 Å². The van der Waals surface area contributed by atoms with Crippen LogP contribution in [0, 0.1) is 0 Å². The molecule has 0 heterocycles. The van der Waals surface area contributed by atoms with E-state index in [2.05, 4.69) is 0 Å². The van der Waals surface area contributed by atoms with E-state index in [4.69, 9.17) is 9.47 Å². The SMILES string of the molecule is COc1cccc(OC)c1S(C)=O. The second kappa shape index (κ2) is 4.28. The molecule has 0 fully saturated rings. The van der Waals surface area contributed by atoms with Crippen LogP contribution >= 0.6 is 0 Å². The third kappa shape index (κ3) is 2.01. The van der Waals surface area contributed by atoms with E-state index in [-0.39, 0.29) is 0 Å². The molecule has 13 heavy (non-hydrogen) atoms. The lowest BCUT2D eigenvalue weighted by Crippen LogP contribution is -1.97. The van der Waals surface area contributed by atoms with Gasteiger partial charge in [0.1, 0.15) is 16.4 Å². The molecule has 0 saturated carbocycles. The molecule has 1 atom stereocenters. The first-order valence-corrected chi connectivity index (χ1v) is 5.31. The fraction of sp³-hybridized carbons (Fsp3) is 0.333. The number of ether oxygens (including phenoxy) is 2. The van der Waals surface area contributed by atoms with Crippen LogP contribution in [-0.2, 0) is 10.8 Å². The molecular weight excluding hydrogens is 188 g/mol. The summed E-state index contributed by atoms with van der Waals surface area (Å²) in [5.74, 6) is 1.19. The van der Waals surface area contributed by atoms with Crippen LogP contribution in [0.25, 0.3) is 0 Å². The lowest BCUT2D eigenvalue weighted by atomic mass is 10.3. The van der Waals surface area contributed by atoms with Crippen molar-refractivity contribution in [1.29, 1.82) is 0 Å². The predicted octanol–water partition coefficient (Wildman–Crippen LogP) is 1.44. The van der Waals surface area contributed by atoms with Crippen molar-refractivity contribution in [3.8, 4) is 11.5 Å². The zero-order valence-corrected chi connectivity index (χ0v) is 8.68. The van der Waals surface area contributed by atoms with Crippen molar-refractivity contribution in [1.82, 2.24) is 0 Å². The van der Waals surface area contributed by atoms with E-state index in [0.717, 1.165) is 0 Å². The van der Waals surface area contributed by atoms with Crippen LogP contribution in [0.1, 0.15) is 0 Å². The molecule has 72 valence electrons. The first-order valence-electron chi connectivity index (χ1n) is 3.75. The fourth-order valence-electron chi connectivity index (χ4n) is 1.10. The maximum absolute atomic E-state index is 11.4. The van der Waals surface area contributed by atoms with Gasteiger partial charge in [-0.1, -0.05) is 6.07 Å². The Morgan fingerprint density at radius 1 is 1.15 bits per heavy atom. The summed E-state index contributed by atoms with van der Waals surface area (Å²) >= 11 is 0. The van der Waals surface area contributed by atoms with Gasteiger partial charge in [-0.25, -0.2) is 0 Å². The van der Waals surface area contributed by atoms with Gasteiger partial charge < -0.3 is 9.47 Å². The van der Waals surface area contributed by atoms with Gasteiger partial charge in [-0.2, -0.15) is 0 Å². The topological polar surface area (TPSA) is 35.5 Å². The quantitative estimate of drug-likeness (QED) is 0.740. The molecule has 0 aliphatic heterocycles. The molecule has 0 N–H and O–H groups in total. The van der Waals surface area contributed by atoms with Gasteiger partial charge in [0, 0.05) is 6.26 Å². The average molecular weight is 200 g/mol. The van der Waals surface area contributed by atoms with Crippen molar-refractivity contribution in [2.24, 2.45) is 0 Å². The molecule has 0 bridgehead atoms. The lowest BCUT2D eigenvalue weighted by Gasteiger charge is -2.09. The van der Waals surface area contributed by atoms with E-state index in [0.29, 0.717) is 16.4 Å². The monoisotopic (exact) mass is 200 g/mol. The molecule has 0 amide bonds. The zero-order chi connectivity index (χ0) is 9.84. The van der Waals surface area contributed by atoms with Crippen LogP contribution in [0.5, 0.6) is 11.5 Å². The van der Waals surface area contributed by atoms with Crippen LogP contribution in [-0.4, -0.2) is 24.7 Å². The number of rotatable bonds is 3. The van der Waals surface area contributed by atoms with Crippen molar-refractivity contribution in [3.05, 3.63) is 18.2 Å². The van der Waals surface area contributed by atoms with Gasteiger partial charge in [0.25, 0.3) is 0 Å². The van der Waals surface area contributed by atoms with Gasteiger partial charge in [0.2, 0.25) is 0 Å². The minimum absolute atomic E-state index is 0.597. The van der Waals surface area contributed by atoms with Crippen molar-refractivity contribution < 1.29 is 13.7 Å². The standard InChI is InChI=1S/C9H12O3S/c1-11-7-5-4-6-8(12-2)9(7)13(3)10/h4-6H,1-3H3. The molecule has 3 nitrogen and oxygen atoms in total. The van der Waals surface area contributed by atoms with E-state index < -0.39 is 10.8 Å². The molecule has 0 saturated heterocycles. The molecule has 1 unspecified atom stereocenters. The fourth-order valence-corrected chi connectivity index (χ4v) is 1.97. The Kier molecular flexibility index (Phi) is 3.31. The maximum Gasteiger partial charge on any atom is 0.138 e. The Morgan fingerprint density at radius 3 is 1.92 bits per heavy atom. The van der Waals surface area contributed by atoms with E-state index in [1.54, 1.807) is 38.7 Å². The Labute approximate surface area is 80.1 Å². The second-order valence-corrected chi connectivity index (χ2v) is 3.76. The third-order valence-corrected chi connectivity index (χ3v) is 2.65. The summed E-state index contributed by atoms with van der Waals surface area (Å²) in [7, 11) is 1.99. The van der Waals surface area contributed by atoms with E-state index in [9.17, 15) is 4.21 Å². The van der Waals surface area contributed by atoms with Gasteiger partial charge in [0.05, 0.1) is 25.0 Å². The minimum atomic E-state index is -1.10. The van der Waals surface area contributed by atoms with Crippen molar-refractivity contribution in [3.63, 3.8) is 0 Å². The number of methoxy groups -OCH3 is 2. The first kappa shape index (κ1) is 10.1. The molecule has 1 aromatic rings. The van der Waals surface area contributed by atoms with Gasteiger partial charge >= 0.3 is 0 Å². The summed E-state index contributed by atoms with van der Waals surface area (Å²) in [5.41, 5.74) is 0. The summed E-state index contributed by atoms with van der Waals surface area (Å²) < 4.78 is 21.5.